The molecule has 0 radical (unpaired) electrons. The number of halogens is 1. The Morgan fingerprint density at radius 3 is 2.29 bits per heavy atom. The van der Waals surface area contributed by atoms with Gasteiger partial charge in [-0.15, -0.1) is 0 Å². The number of nitrogens with zero attached hydrogens (tertiary/aromatic N) is 3. The first-order valence-electron chi connectivity index (χ1n) is 9.27. The monoisotopic (exact) mass is 380 g/mol. The van der Waals surface area contributed by atoms with Gasteiger partial charge in [0.1, 0.15) is 5.82 Å². The largest absolute Gasteiger partial charge is 0.356 e. The highest BCUT2D eigenvalue weighted by Gasteiger charge is 2.18. The molecule has 3 rings (SSSR count). The number of pyridine rings is 1. The molecule has 1 N–H and O–H groups in total. The Hall–Kier alpha value is -3.02. The van der Waals surface area contributed by atoms with Crippen molar-refractivity contribution in [2.45, 2.75) is 27.2 Å². The van der Waals surface area contributed by atoms with Crippen LogP contribution in [0, 0.1) is 11.2 Å². The minimum atomic E-state index is -0.348. The average Bonchev–Trinajstić information content (AvgIpc) is 2.66. The van der Waals surface area contributed by atoms with E-state index in [4.69, 9.17) is 4.98 Å². The maximum Gasteiger partial charge on any atom is 0.263 e. The number of anilines is 1. The molecule has 6 heteroatoms. The van der Waals surface area contributed by atoms with Gasteiger partial charge in [0.15, 0.2) is 0 Å². The molecule has 146 valence electrons. The van der Waals surface area contributed by atoms with Crippen LogP contribution in [0.4, 0.5) is 10.3 Å². The summed E-state index contributed by atoms with van der Waals surface area (Å²) in [7, 11) is 1.69. The maximum atomic E-state index is 13.4. The molecule has 0 aliphatic carbocycles. The average molecular weight is 380 g/mol. The van der Waals surface area contributed by atoms with Gasteiger partial charge >= 0.3 is 0 Å². The molecule has 0 amide bonds. The Balaban J connectivity index is 2.12. The normalized spacial score (nSPS) is 11.5. The fourth-order valence-electron chi connectivity index (χ4n) is 2.90. The third-order valence-corrected chi connectivity index (χ3v) is 4.54. The topological polar surface area (TPSA) is 59.8 Å². The summed E-state index contributed by atoms with van der Waals surface area (Å²) in [5.74, 6) is 0.159. The molecule has 0 aliphatic rings. The van der Waals surface area contributed by atoms with Crippen LogP contribution in [0.15, 0.2) is 53.6 Å². The zero-order valence-corrected chi connectivity index (χ0v) is 16.7. The molecule has 5 nitrogen and oxygen atoms in total. The predicted octanol–water partition coefficient (Wildman–Crippen LogP) is 4.50. The van der Waals surface area contributed by atoms with E-state index >= 15 is 0 Å². The summed E-state index contributed by atoms with van der Waals surface area (Å²) < 4.78 is 14.9. The zero-order chi connectivity index (χ0) is 20.3. The molecule has 0 spiro atoms. The standard InChI is InChI=1S/C22H25FN4O/c1-22(2,3)11-14-25-21-26-19(16-9-12-24-13-10-16)18(20(28)27(21)4)15-5-7-17(23)8-6-15/h5-10,12-13H,11,14H2,1-4H3,(H,25,26). The van der Waals surface area contributed by atoms with Gasteiger partial charge < -0.3 is 5.32 Å². The van der Waals surface area contributed by atoms with Crippen LogP contribution in [0.25, 0.3) is 22.4 Å². The van der Waals surface area contributed by atoms with Crippen LogP contribution < -0.4 is 10.9 Å². The van der Waals surface area contributed by atoms with Crippen molar-refractivity contribution in [3.8, 4) is 22.4 Å². The Morgan fingerprint density at radius 2 is 1.68 bits per heavy atom. The van der Waals surface area contributed by atoms with Crippen LogP contribution in [0.2, 0.25) is 0 Å². The highest BCUT2D eigenvalue weighted by atomic mass is 19.1. The van der Waals surface area contributed by atoms with Crippen LogP contribution in [-0.2, 0) is 7.05 Å². The Morgan fingerprint density at radius 1 is 1.04 bits per heavy atom. The van der Waals surface area contributed by atoms with Gasteiger partial charge in [0.25, 0.3) is 5.56 Å². The molecule has 1 aromatic carbocycles. The van der Waals surface area contributed by atoms with Crippen molar-refractivity contribution in [1.82, 2.24) is 14.5 Å². The van der Waals surface area contributed by atoms with Gasteiger partial charge in [-0.1, -0.05) is 32.9 Å². The molecule has 2 heterocycles. The van der Waals surface area contributed by atoms with E-state index < -0.39 is 0 Å². The smallest absolute Gasteiger partial charge is 0.263 e. The fourth-order valence-corrected chi connectivity index (χ4v) is 2.90. The number of rotatable bonds is 5. The van der Waals surface area contributed by atoms with E-state index in [2.05, 4.69) is 31.1 Å². The molecule has 0 bridgehead atoms. The summed E-state index contributed by atoms with van der Waals surface area (Å²) in [5.41, 5.74) is 2.39. The molecule has 0 saturated carbocycles. The van der Waals surface area contributed by atoms with Crippen molar-refractivity contribution in [2.75, 3.05) is 11.9 Å². The fraction of sp³-hybridized carbons (Fsp3) is 0.318. The molecule has 0 aliphatic heterocycles. The number of hydrogen-bond acceptors (Lipinski definition) is 4. The Kier molecular flexibility index (Phi) is 5.58. The first-order chi connectivity index (χ1) is 13.3. The van der Waals surface area contributed by atoms with E-state index in [1.807, 2.05) is 12.1 Å². The SMILES string of the molecule is Cn1c(NCCC(C)(C)C)nc(-c2ccncc2)c(-c2ccc(F)cc2)c1=O. The summed E-state index contributed by atoms with van der Waals surface area (Å²) in [6.45, 7) is 7.21. The summed E-state index contributed by atoms with van der Waals surface area (Å²) in [6, 6.07) is 9.53. The molecular weight excluding hydrogens is 355 g/mol. The van der Waals surface area contributed by atoms with E-state index in [-0.39, 0.29) is 16.8 Å². The Labute approximate surface area is 164 Å². The number of hydrogen-bond donors (Lipinski definition) is 1. The lowest BCUT2D eigenvalue weighted by molar-refractivity contribution is 0.389. The van der Waals surface area contributed by atoms with Gasteiger partial charge in [-0.2, -0.15) is 0 Å². The van der Waals surface area contributed by atoms with Crippen molar-refractivity contribution in [3.05, 3.63) is 65.0 Å². The van der Waals surface area contributed by atoms with Crippen molar-refractivity contribution < 1.29 is 4.39 Å². The minimum absolute atomic E-state index is 0.174. The van der Waals surface area contributed by atoms with Crippen LogP contribution in [0.1, 0.15) is 27.2 Å². The van der Waals surface area contributed by atoms with Crippen molar-refractivity contribution in [3.63, 3.8) is 0 Å². The third-order valence-electron chi connectivity index (χ3n) is 4.54. The van der Waals surface area contributed by atoms with Crippen LogP contribution in [-0.4, -0.2) is 21.1 Å². The van der Waals surface area contributed by atoms with E-state index in [1.165, 1.54) is 16.7 Å². The molecule has 0 fully saturated rings. The van der Waals surface area contributed by atoms with Gasteiger partial charge in [-0.3, -0.25) is 14.3 Å². The van der Waals surface area contributed by atoms with E-state index in [1.54, 1.807) is 31.6 Å². The minimum Gasteiger partial charge on any atom is -0.356 e. The lowest BCUT2D eigenvalue weighted by Crippen LogP contribution is -2.26. The highest BCUT2D eigenvalue weighted by Crippen LogP contribution is 2.29. The van der Waals surface area contributed by atoms with Crippen molar-refractivity contribution >= 4 is 5.95 Å². The lowest BCUT2D eigenvalue weighted by atomic mass is 9.92. The summed E-state index contributed by atoms with van der Waals surface area (Å²) >= 11 is 0. The van der Waals surface area contributed by atoms with Crippen LogP contribution in [0.5, 0.6) is 0 Å². The van der Waals surface area contributed by atoms with Crippen molar-refractivity contribution in [2.24, 2.45) is 12.5 Å². The summed E-state index contributed by atoms with van der Waals surface area (Å²) in [4.78, 5) is 22.0. The first kappa shape index (κ1) is 19.7. The molecule has 3 aromatic rings. The lowest BCUT2D eigenvalue weighted by Gasteiger charge is -2.20. The van der Waals surface area contributed by atoms with Gasteiger partial charge in [-0.05, 0) is 41.7 Å². The van der Waals surface area contributed by atoms with E-state index in [9.17, 15) is 9.18 Å². The van der Waals surface area contributed by atoms with Crippen LogP contribution >= 0.6 is 0 Å². The number of benzene rings is 1. The zero-order valence-electron chi connectivity index (χ0n) is 16.7. The highest BCUT2D eigenvalue weighted by molar-refractivity contribution is 5.80. The second-order valence-corrected chi connectivity index (χ2v) is 8.00. The number of aromatic nitrogens is 3. The first-order valence-corrected chi connectivity index (χ1v) is 9.27. The summed E-state index contributed by atoms with van der Waals surface area (Å²) in [5, 5.41) is 3.28. The van der Waals surface area contributed by atoms with E-state index in [0.29, 0.717) is 29.3 Å². The summed E-state index contributed by atoms with van der Waals surface area (Å²) in [6.07, 6.45) is 4.26. The number of nitrogens with one attached hydrogen (secondary N) is 1. The quantitative estimate of drug-likeness (QED) is 0.708. The second kappa shape index (κ2) is 7.92. The van der Waals surface area contributed by atoms with Gasteiger partial charge in [0.2, 0.25) is 5.95 Å². The molecule has 0 unspecified atom stereocenters. The molecule has 0 saturated heterocycles. The maximum absolute atomic E-state index is 13.4. The van der Waals surface area contributed by atoms with Crippen LogP contribution in [0.3, 0.4) is 0 Å². The molecular formula is C22H25FN4O. The van der Waals surface area contributed by atoms with Gasteiger partial charge in [0.05, 0.1) is 11.3 Å². The van der Waals surface area contributed by atoms with Gasteiger partial charge in [-0.25, -0.2) is 9.37 Å². The van der Waals surface area contributed by atoms with Crippen molar-refractivity contribution in [1.29, 1.82) is 0 Å². The third kappa shape index (κ3) is 4.44. The second-order valence-electron chi connectivity index (χ2n) is 8.00. The molecule has 28 heavy (non-hydrogen) atoms. The predicted molar refractivity (Wildman–Crippen MR) is 111 cm³/mol. The van der Waals surface area contributed by atoms with Gasteiger partial charge in [0, 0.05) is 31.5 Å². The molecule has 2 aromatic heterocycles. The molecule has 0 atom stereocenters. The van der Waals surface area contributed by atoms with E-state index in [0.717, 1.165) is 12.0 Å². The Bertz CT molecular complexity index is 1010.